The van der Waals surface area contributed by atoms with E-state index in [1.807, 2.05) is 56.3 Å². The largest absolute Gasteiger partial charge is 0.463 e. The van der Waals surface area contributed by atoms with Gasteiger partial charge in [-0.3, -0.25) is 4.79 Å². The summed E-state index contributed by atoms with van der Waals surface area (Å²) in [4.78, 5) is 12.8. The first-order valence-electron chi connectivity index (χ1n) is 8.55. The Balaban J connectivity index is 2.00. The van der Waals surface area contributed by atoms with E-state index in [4.69, 9.17) is 40.2 Å². The second-order valence-corrected chi connectivity index (χ2v) is 9.09. The van der Waals surface area contributed by atoms with Crippen molar-refractivity contribution >= 4 is 63.8 Å². The van der Waals surface area contributed by atoms with Crippen molar-refractivity contribution < 1.29 is 9.53 Å². The molecule has 2 unspecified atom stereocenters. The van der Waals surface area contributed by atoms with Crippen LogP contribution in [0.4, 0.5) is 5.69 Å². The summed E-state index contributed by atoms with van der Waals surface area (Å²) in [6.45, 7) is 3.66. The molecule has 0 amide bonds. The number of anilines is 1. The van der Waals surface area contributed by atoms with Gasteiger partial charge in [0, 0.05) is 15.7 Å². The summed E-state index contributed by atoms with van der Waals surface area (Å²) in [5, 5.41) is 4.23. The second kappa shape index (κ2) is 8.82. The van der Waals surface area contributed by atoms with Gasteiger partial charge in [-0.05, 0) is 49.2 Å². The van der Waals surface area contributed by atoms with Crippen LogP contribution in [0.1, 0.15) is 36.6 Å². The predicted octanol–water partition coefficient (Wildman–Crippen LogP) is 6.28. The van der Waals surface area contributed by atoms with Crippen LogP contribution in [0.5, 0.6) is 0 Å². The summed E-state index contributed by atoms with van der Waals surface area (Å²) in [7, 11) is 0. The first-order valence-corrected chi connectivity index (χ1v) is 10.7. The molecule has 0 spiro atoms. The van der Waals surface area contributed by atoms with Crippen LogP contribution in [0.3, 0.4) is 0 Å². The van der Waals surface area contributed by atoms with Gasteiger partial charge in [0.15, 0.2) is 0 Å². The molecule has 0 aliphatic carbocycles. The number of benzene rings is 2. The lowest BCUT2D eigenvalue weighted by atomic mass is 10.0. The first kappa shape index (κ1) is 20.5. The highest BCUT2D eigenvalue weighted by Gasteiger charge is 2.32. The normalized spacial score (nSPS) is 19.2. The number of nitrogens with one attached hydrogen (secondary N) is 1. The summed E-state index contributed by atoms with van der Waals surface area (Å²) >= 11 is 19.9. The third-order valence-corrected chi connectivity index (χ3v) is 6.68. The summed E-state index contributed by atoms with van der Waals surface area (Å²) in [5.41, 5.74) is 2.82. The number of ether oxygens (including phenoxy) is 1. The van der Waals surface area contributed by atoms with Crippen LogP contribution in [-0.4, -0.2) is 22.3 Å². The SMILES string of the molecule is CC(C)OC(=O)CC1SC(c2ccccc2Cl)c2cc(Cl)ccc2NC1=S. The fourth-order valence-electron chi connectivity index (χ4n) is 2.91. The van der Waals surface area contributed by atoms with E-state index in [1.165, 1.54) is 0 Å². The van der Waals surface area contributed by atoms with E-state index in [2.05, 4.69) is 5.32 Å². The maximum absolute atomic E-state index is 12.2. The topological polar surface area (TPSA) is 38.3 Å². The number of carbonyl (C=O) groups is 1. The third-order valence-electron chi connectivity index (χ3n) is 4.05. The zero-order chi connectivity index (χ0) is 19.6. The van der Waals surface area contributed by atoms with Crippen molar-refractivity contribution in [3.8, 4) is 0 Å². The molecule has 0 saturated heterocycles. The van der Waals surface area contributed by atoms with Crippen LogP contribution in [0, 0.1) is 0 Å². The Bertz CT molecular complexity index is 873. The molecule has 1 N–H and O–H groups in total. The molecule has 0 bridgehead atoms. The number of esters is 1. The molecule has 142 valence electrons. The van der Waals surface area contributed by atoms with Gasteiger partial charge in [-0.1, -0.05) is 53.6 Å². The standard InChI is InChI=1S/C20H19Cl2NO2S2/c1-11(2)25-18(24)10-17-20(26)23-16-8-7-12(21)9-14(16)19(27-17)13-5-3-4-6-15(13)22/h3-9,11,17,19H,10H2,1-2H3,(H,23,26). The Labute approximate surface area is 178 Å². The van der Waals surface area contributed by atoms with E-state index in [9.17, 15) is 4.79 Å². The molecule has 0 aromatic heterocycles. The van der Waals surface area contributed by atoms with Gasteiger partial charge in [-0.2, -0.15) is 0 Å². The van der Waals surface area contributed by atoms with Gasteiger partial charge < -0.3 is 10.1 Å². The Morgan fingerprint density at radius 3 is 2.67 bits per heavy atom. The number of rotatable bonds is 4. The zero-order valence-electron chi connectivity index (χ0n) is 14.9. The molecule has 2 aromatic carbocycles. The number of halogens is 2. The Kier molecular flexibility index (Phi) is 6.69. The van der Waals surface area contributed by atoms with Gasteiger partial charge in [0.2, 0.25) is 0 Å². The van der Waals surface area contributed by atoms with Crippen LogP contribution in [0.15, 0.2) is 42.5 Å². The lowest BCUT2D eigenvalue weighted by Gasteiger charge is -2.22. The third kappa shape index (κ3) is 4.96. The Morgan fingerprint density at radius 2 is 1.96 bits per heavy atom. The van der Waals surface area contributed by atoms with Crippen LogP contribution in [0.2, 0.25) is 10.0 Å². The highest BCUT2D eigenvalue weighted by molar-refractivity contribution is 8.02. The average Bonchev–Trinajstić information content (AvgIpc) is 2.72. The monoisotopic (exact) mass is 439 g/mol. The molecule has 0 saturated carbocycles. The number of fused-ring (bicyclic) bond motifs is 1. The molecule has 3 nitrogen and oxygen atoms in total. The highest BCUT2D eigenvalue weighted by Crippen LogP contribution is 2.47. The molecule has 7 heteroatoms. The maximum atomic E-state index is 12.2. The van der Waals surface area contributed by atoms with Gasteiger partial charge in [-0.15, -0.1) is 11.8 Å². The quantitative estimate of drug-likeness (QED) is 0.448. The maximum Gasteiger partial charge on any atom is 0.307 e. The van der Waals surface area contributed by atoms with Crippen LogP contribution in [-0.2, 0) is 9.53 Å². The molecule has 1 aliphatic heterocycles. The summed E-state index contributed by atoms with van der Waals surface area (Å²) in [6.07, 6.45) is 0.0299. The van der Waals surface area contributed by atoms with E-state index >= 15 is 0 Å². The van der Waals surface area contributed by atoms with E-state index in [0.717, 1.165) is 16.8 Å². The predicted molar refractivity (Wildman–Crippen MR) is 118 cm³/mol. The lowest BCUT2D eigenvalue weighted by Crippen LogP contribution is -2.26. The molecule has 0 radical (unpaired) electrons. The van der Waals surface area contributed by atoms with Gasteiger partial charge in [0.05, 0.1) is 28.0 Å². The average molecular weight is 440 g/mol. The van der Waals surface area contributed by atoms with Crippen molar-refractivity contribution in [1.29, 1.82) is 0 Å². The van der Waals surface area contributed by atoms with Gasteiger partial charge in [0.1, 0.15) is 0 Å². The minimum Gasteiger partial charge on any atom is -0.463 e. The van der Waals surface area contributed by atoms with Crippen molar-refractivity contribution in [2.75, 3.05) is 5.32 Å². The van der Waals surface area contributed by atoms with E-state index < -0.39 is 0 Å². The fourth-order valence-corrected chi connectivity index (χ4v) is 5.20. The van der Waals surface area contributed by atoms with Crippen LogP contribution >= 0.6 is 47.2 Å². The van der Waals surface area contributed by atoms with Crippen molar-refractivity contribution in [1.82, 2.24) is 0 Å². The number of thiocarbonyl (C=S) groups is 1. The summed E-state index contributed by atoms with van der Waals surface area (Å²) in [5.74, 6) is -0.270. The van der Waals surface area contributed by atoms with E-state index in [-0.39, 0.29) is 29.0 Å². The number of hydrogen-bond acceptors (Lipinski definition) is 4. The summed E-state index contributed by atoms with van der Waals surface area (Å²) in [6, 6.07) is 13.3. The van der Waals surface area contributed by atoms with Crippen molar-refractivity contribution in [2.45, 2.75) is 36.9 Å². The molecule has 2 aromatic rings. The van der Waals surface area contributed by atoms with Gasteiger partial charge in [-0.25, -0.2) is 0 Å². The molecule has 1 heterocycles. The van der Waals surface area contributed by atoms with Crippen molar-refractivity contribution in [3.05, 3.63) is 63.6 Å². The number of hydrogen-bond donors (Lipinski definition) is 1. The molecule has 27 heavy (non-hydrogen) atoms. The molecular weight excluding hydrogens is 421 g/mol. The number of carbonyl (C=O) groups excluding carboxylic acids is 1. The minimum absolute atomic E-state index is 0.114. The lowest BCUT2D eigenvalue weighted by molar-refractivity contribution is -0.147. The van der Waals surface area contributed by atoms with E-state index in [1.54, 1.807) is 11.8 Å². The molecular formula is C20H19Cl2NO2S2. The van der Waals surface area contributed by atoms with Crippen LogP contribution < -0.4 is 5.32 Å². The molecule has 3 rings (SSSR count). The van der Waals surface area contributed by atoms with Crippen molar-refractivity contribution in [3.63, 3.8) is 0 Å². The van der Waals surface area contributed by atoms with Crippen molar-refractivity contribution in [2.24, 2.45) is 0 Å². The fraction of sp³-hybridized carbons (Fsp3) is 0.300. The Morgan fingerprint density at radius 1 is 1.22 bits per heavy atom. The molecule has 2 atom stereocenters. The minimum atomic E-state index is -0.270. The van der Waals surface area contributed by atoms with Gasteiger partial charge >= 0.3 is 5.97 Å². The second-order valence-electron chi connectivity index (χ2n) is 6.49. The summed E-state index contributed by atoms with van der Waals surface area (Å²) < 4.78 is 5.32. The zero-order valence-corrected chi connectivity index (χ0v) is 18.0. The molecule has 0 fully saturated rings. The number of thioether (sulfide) groups is 1. The van der Waals surface area contributed by atoms with Gasteiger partial charge in [0.25, 0.3) is 0 Å². The van der Waals surface area contributed by atoms with Crippen LogP contribution in [0.25, 0.3) is 0 Å². The first-order chi connectivity index (χ1) is 12.8. The van der Waals surface area contributed by atoms with E-state index in [0.29, 0.717) is 15.0 Å². The highest BCUT2D eigenvalue weighted by atomic mass is 35.5. The smallest absolute Gasteiger partial charge is 0.307 e. The Hall–Kier alpha value is -1.27. The molecule has 1 aliphatic rings.